The summed E-state index contributed by atoms with van der Waals surface area (Å²) in [5.74, 6) is 3.44. The molecule has 0 aliphatic rings. The Morgan fingerprint density at radius 3 is 2.94 bits per heavy atom. The third kappa shape index (κ3) is 4.14. The third-order valence-electron chi connectivity index (χ3n) is 2.16. The van der Waals surface area contributed by atoms with Crippen LogP contribution in [0.5, 0.6) is 5.75 Å². The number of benzene rings is 1. The molecule has 0 bridgehead atoms. The van der Waals surface area contributed by atoms with E-state index in [1.165, 1.54) is 0 Å². The number of terminal acetylenes is 1. The zero-order valence-electron chi connectivity index (χ0n) is 9.21. The Bertz CT molecular complexity index is 371. The summed E-state index contributed by atoms with van der Waals surface area (Å²) in [7, 11) is 0. The van der Waals surface area contributed by atoms with Gasteiger partial charge in [0.1, 0.15) is 5.75 Å². The first-order chi connectivity index (χ1) is 7.77. The fourth-order valence-corrected chi connectivity index (χ4v) is 1.59. The summed E-state index contributed by atoms with van der Waals surface area (Å²) in [6.45, 7) is 1.21. The van der Waals surface area contributed by atoms with E-state index in [4.69, 9.17) is 28.5 Å². The SMILES string of the molecule is C#CCCCOc1ccc(Cl)cc1CCN. The standard InChI is InChI=1S/C13H16ClNO/c1-2-3-4-9-16-13-6-5-12(14)10-11(13)7-8-15/h1,5-6,10H,3-4,7-9,15H2. The van der Waals surface area contributed by atoms with Gasteiger partial charge in [-0.2, -0.15) is 0 Å². The first kappa shape index (κ1) is 12.9. The molecule has 0 fully saturated rings. The Hall–Kier alpha value is -1.17. The summed E-state index contributed by atoms with van der Waals surface area (Å²) < 4.78 is 5.64. The molecule has 0 aromatic heterocycles. The van der Waals surface area contributed by atoms with Gasteiger partial charge in [0.15, 0.2) is 0 Å². The molecule has 16 heavy (non-hydrogen) atoms. The lowest BCUT2D eigenvalue weighted by Gasteiger charge is -2.10. The van der Waals surface area contributed by atoms with Crippen molar-refractivity contribution in [3.63, 3.8) is 0 Å². The smallest absolute Gasteiger partial charge is 0.122 e. The highest BCUT2D eigenvalue weighted by Crippen LogP contribution is 2.23. The zero-order valence-corrected chi connectivity index (χ0v) is 9.96. The van der Waals surface area contributed by atoms with Crippen molar-refractivity contribution in [1.82, 2.24) is 0 Å². The molecular formula is C13H16ClNO. The minimum absolute atomic E-state index is 0.584. The van der Waals surface area contributed by atoms with Crippen LogP contribution in [0.15, 0.2) is 18.2 Å². The lowest BCUT2D eigenvalue weighted by atomic mass is 10.1. The summed E-state index contributed by atoms with van der Waals surface area (Å²) in [4.78, 5) is 0. The molecule has 0 spiro atoms. The van der Waals surface area contributed by atoms with Crippen LogP contribution in [0.2, 0.25) is 5.02 Å². The second kappa shape index (κ2) is 7.16. The molecule has 1 aromatic carbocycles. The van der Waals surface area contributed by atoms with Crippen molar-refractivity contribution in [2.24, 2.45) is 5.73 Å². The normalized spacial score (nSPS) is 9.81. The molecule has 0 aliphatic heterocycles. The predicted molar refractivity (Wildman–Crippen MR) is 67.8 cm³/mol. The number of halogens is 1. The van der Waals surface area contributed by atoms with Gasteiger partial charge in [-0.05, 0) is 43.1 Å². The van der Waals surface area contributed by atoms with E-state index in [9.17, 15) is 0 Å². The summed E-state index contributed by atoms with van der Waals surface area (Å²) in [5.41, 5.74) is 6.58. The van der Waals surface area contributed by atoms with Crippen LogP contribution in [-0.2, 0) is 6.42 Å². The Kier molecular flexibility index (Phi) is 5.77. The van der Waals surface area contributed by atoms with Crippen LogP contribution in [0, 0.1) is 12.3 Å². The molecule has 0 saturated carbocycles. The maximum Gasteiger partial charge on any atom is 0.122 e. The third-order valence-corrected chi connectivity index (χ3v) is 2.39. The lowest BCUT2D eigenvalue weighted by molar-refractivity contribution is 0.310. The van der Waals surface area contributed by atoms with Crippen molar-refractivity contribution in [1.29, 1.82) is 0 Å². The molecule has 0 amide bonds. The Balaban J connectivity index is 2.60. The largest absolute Gasteiger partial charge is 0.493 e. The van der Waals surface area contributed by atoms with E-state index in [-0.39, 0.29) is 0 Å². The van der Waals surface area contributed by atoms with E-state index < -0.39 is 0 Å². The van der Waals surface area contributed by atoms with Gasteiger partial charge < -0.3 is 10.5 Å². The number of hydrogen-bond donors (Lipinski definition) is 1. The Morgan fingerprint density at radius 1 is 1.44 bits per heavy atom. The van der Waals surface area contributed by atoms with E-state index in [0.717, 1.165) is 30.6 Å². The van der Waals surface area contributed by atoms with Gasteiger partial charge in [-0.15, -0.1) is 12.3 Å². The molecule has 2 N–H and O–H groups in total. The monoisotopic (exact) mass is 237 g/mol. The van der Waals surface area contributed by atoms with Crippen molar-refractivity contribution in [2.45, 2.75) is 19.3 Å². The minimum atomic E-state index is 0.584. The quantitative estimate of drug-likeness (QED) is 0.610. The highest BCUT2D eigenvalue weighted by atomic mass is 35.5. The van der Waals surface area contributed by atoms with Gasteiger partial charge in [0, 0.05) is 11.4 Å². The Morgan fingerprint density at radius 2 is 2.25 bits per heavy atom. The Labute approximate surface area is 102 Å². The van der Waals surface area contributed by atoms with Gasteiger partial charge in [-0.1, -0.05) is 11.6 Å². The fraction of sp³-hybridized carbons (Fsp3) is 0.385. The minimum Gasteiger partial charge on any atom is -0.493 e. The fourth-order valence-electron chi connectivity index (χ4n) is 1.40. The van der Waals surface area contributed by atoms with Crippen molar-refractivity contribution in [2.75, 3.05) is 13.2 Å². The molecule has 2 nitrogen and oxygen atoms in total. The second-order valence-electron chi connectivity index (χ2n) is 3.45. The highest BCUT2D eigenvalue weighted by Gasteiger charge is 2.03. The van der Waals surface area contributed by atoms with E-state index in [0.29, 0.717) is 18.2 Å². The first-order valence-electron chi connectivity index (χ1n) is 5.32. The van der Waals surface area contributed by atoms with E-state index in [2.05, 4.69) is 5.92 Å². The molecule has 0 saturated heterocycles. The van der Waals surface area contributed by atoms with Crippen molar-refractivity contribution in [3.8, 4) is 18.1 Å². The van der Waals surface area contributed by atoms with E-state index in [1.54, 1.807) is 0 Å². The number of unbranched alkanes of at least 4 members (excludes halogenated alkanes) is 1. The summed E-state index contributed by atoms with van der Waals surface area (Å²) in [6, 6.07) is 5.59. The number of hydrogen-bond acceptors (Lipinski definition) is 2. The average molecular weight is 238 g/mol. The second-order valence-corrected chi connectivity index (χ2v) is 3.88. The van der Waals surface area contributed by atoms with Gasteiger partial charge in [-0.3, -0.25) is 0 Å². The van der Waals surface area contributed by atoms with Gasteiger partial charge in [-0.25, -0.2) is 0 Å². The van der Waals surface area contributed by atoms with Crippen LogP contribution in [0.25, 0.3) is 0 Å². The summed E-state index contributed by atoms with van der Waals surface area (Å²) in [6.07, 6.45) is 7.53. The van der Waals surface area contributed by atoms with Gasteiger partial charge >= 0.3 is 0 Å². The van der Waals surface area contributed by atoms with Gasteiger partial charge in [0.05, 0.1) is 6.61 Å². The van der Waals surface area contributed by atoms with Crippen LogP contribution < -0.4 is 10.5 Å². The van der Waals surface area contributed by atoms with Crippen molar-refractivity contribution in [3.05, 3.63) is 28.8 Å². The molecule has 1 aromatic rings. The number of rotatable bonds is 6. The maximum absolute atomic E-state index is 5.91. The average Bonchev–Trinajstić information content (AvgIpc) is 2.27. The molecule has 1 rings (SSSR count). The zero-order chi connectivity index (χ0) is 11.8. The number of ether oxygens (including phenoxy) is 1. The van der Waals surface area contributed by atoms with Crippen LogP contribution in [0.4, 0.5) is 0 Å². The van der Waals surface area contributed by atoms with E-state index in [1.807, 2.05) is 18.2 Å². The van der Waals surface area contributed by atoms with Crippen LogP contribution >= 0.6 is 11.6 Å². The molecule has 0 unspecified atom stereocenters. The molecule has 0 atom stereocenters. The molecule has 0 aliphatic carbocycles. The lowest BCUT2D eigenvalue weighted by Crippen LogP contribution is -2.06. The highest BCUT2D eigenvalue weighted by molar-refractivity contribution is 6.30. The maximum atomic E-state index is 5.91. The van der Waals surface area contributed by atoms with Gasteiger partial charge in [0.2, 0.25) is 0 Å². The van der Waals surface area contributed by atoms with Crippen molar-refractivity contribution < 1.29 is 4.74 Å². The topological polar surface area (TPSA) is 35.2 Å². The number of nitrogens with two attached hydrogens (primary N) is 1. The van der Waals surface area contributed by atoms with Crippen LogP contribution in [0.3, 0.4) is 0 Å². The molecular weight excluding hydrogens is 222 g/mol. The van der Waals surface area contributed by atoms with Gasteiger partial charge in [0.25, 0.3) is 0 Å². The molecule has 3 heteroatoms. The van der Waals surface area contributed by atoms with Crippen molar-refractivity contribution >= 4 is 11.6 Å². The molecule has 86 valence electrons. The first-order valence-corrected chi connectivity index (χ1v) is 5.70. The molecule has 0 heterocycles. The van der Waals surface area contributed by atoms with E-state index >= 15 is 0 Å². The summed E-state index contributed by atoms with van der Waals surface area (Å²) in [5, 5.41) is 0.708. The van der Waals surface area contributed by atoms with Crippen LogP contribution in [0.1, 0.15) is 18.4 Å². The summed E-state index contributed by atoms with van der Waals surface area (Å²) >= 11 is 5.91. The van der Waals surface area contributed by atoms with Crippen LogP contribution in [-0.4, -0.2) is 13.2 Å². The predicted octanol–water partition coefficient (Wildman–Crippen LogP) is 2.63. The molecule has 0 radical (unpaired) electrons.